The van der Waals surface area contributed by atoms with E-state index >= 15 is 0 Å². The number of aliphatic carboxylic acids is 1. The summed E-state index contributed by atoms with van der Waals surface area (Å²) in [4.78, 5) is 12.5. The van der Waals surface area contributed by atoms with Crippen molar-refractivity contribution >= 4 is 17.6 Å². The summed E-state index contributed by atoms with van der Waals surface area (Å²) in [6.45, 7) is 0.790. The van der Waals surface area contributed by atoms with Crippen LogP contribution < -0.4 is 0 Å². The molecule has 1 aromatic carbocycles. The Hall–Kier alpha value is -1.06. The molecule has 0 aliphatic carbocycles. The van der Waals surface area contributed by atoms with E-state index in [0.29, 0.717) is 11.4 Å². The zero-order valence-corrected chi connectivity index (χ0v) is 10.3. The molecule has 1 aromatic rings. The van der Waals surface area contributed by atoms with Crippen LogP contribution in [0, 0.1) is 0 Å². The molecule has 0 saturated carbocycles. The predicted octanol–water partition coefficient (Wildman–Crippen LogP) is 2.42. The van der Waals surface area contributed by atoms with Gasteiger partial charge in [0.2, 0.25) is 0 Å². The van der Waals surface area contributed by atoms with Gasteiger partial charge in [0.25, 0.3) is 0 Å². The number of carbonyl (C=O) groups is 1. The van der Waals surface area contributed by atoms with Crippen LogP contribution in [0.1, 0.15) is 17.5 Å². The van der Waals surface area contributed by atoms with Crippen LogP contribution in [-0.4, -0.2) is 30.1 Å². The average molecular weight is 242 g/mol. The van der Waals surface area contributed by atoms with E-state index in [-0.39, 0.29) is 6.42 Å². The number of hydrogen-bond acceptors (Lipinski definition) is 2. The quantitative estimate of drug-likeness (QED) is 0.861. The van der Waals surface area contributed by atoms with Gasteiger partial charge in [0.15, 0.2) is 0 Å². The fourth-order valence-corrected chi connectivity index (χ4v) is 1.73. The van der Waals surface area contributed by atoms with Gasteiger partial charge in [0.1, 0.15) is 0 Å². The molecular weight excluding hydrogens is 226 g/mol. The van der Waals surface area contributed by atoms with E-state index in [1.165, 1.54) is 0 Å². The molecule has 0 saturated heterocycles. The van der Waals surface area contributed by atoms with E-state index in [9.17, 15) is 4.79 Å². The Morgan fingerprint density at radius 1 is 1.44 bits per heavy atom. The summed E-state index contributed by atoms with van der Waals surface area (Å²) >= 11 is 6.11. The SMILES string of the molecule is CN(C)Cc1ccc(CCC(=O)O)cc1Cl. The third kappa shape index (κ3) is 4.21. The summed E-state index contributed by atoms with van der Waals surface area (Å²) in [6.07, 6.45) is 0.667. The number of nitrogens with zero attached hydrogens (tertiary/aromatic N) is 1. The van der Waals surface area contributed by atoms with Crippen LogP contribution in [0.25, 0.3) is 0 Å². The Balaban J connectivity index is 2.70. The lowest BCUT2D eigenvalue weighted by atomic mass is 10.1. The maximum Gasteiger partial charge on any atom is 0.303 e. The lowest BCUT2D eigenvalue weighted by Gasteiger charge is -2.12. The van der Waals surface area contributed by atoms with Crippen molar-refractivity contribution < 1.29 is 9.90 Å². The van der Waals surface area contributed by atoms with Crippen LogP contribution in [0.4, 0.5) is 0 Å². The second-order valence-electron chi connectivity index (χ2n) is 4.06. The highest BCUT2D eigenvalue weighted by Crippen LogP contribution is 2.19. The zero-order chi connectivity index (χ0) is 12.1. The van der Waals surface area contributed by atoms with Crippen molar-refractivity contribution in [1.29, 1.82) is 0 Å². The summed E-state index contributed by atoms with van der Waals surface area (Å²) < 4.78 is 0. The number of rotatable bonds is 5. The Bertz CT molecular complexity index is 377. The molecule has 4 heteroatoms. The molecule has 0 bridgehead atoms. The predicted molar refractivity (Wildman–Crippen MR) is 64.8 cm³/mol. The Kier molecular flexibility index (Phi) is 4.77. The van der Waals surface area contributed by atoms with Gasteiger partial charge in [-0.15, -0.1) is 0 Å². The summed E-state index contributed by atoms with van der Waals surface area (Å²) in [6, 6.07) is 5.75. The molecule has 0 amide bonds. The first-order chi connectivity index (χ1) is 7.49. The fraction of sp³-hybridized carbons (Fsp3) is 0.417. The molecule has 1 N–H and O–H groups in total. The third-order valence-corrected chi connectivity index (χ3v) is 2.58. The molecule has 3 nitrogen and oxygen atoms in total. The number of halogens is 1. The minimum Gasteiger partial charge on any atom is -0.481 e. The molecule has 88 valence electrons. The van der Waals surface area contributed by atoms with E-state index in [1.54, 1.807) is 0 Å². The third-order valence-electron chi connectivity index (χ3n) is 2.23. The van der Waals surface area contributed by atoms with Gasteiger partial charge in [0, 0.05) is 18.0 Å². The molecule has 1 rings (SSSR count). The normalized spacial score (nSPS) is 10.8. The Labute approximate surface area is 101 Å². The van der Waals surface area contributed by atoms with E-state index in [1.807, 2.05) is 37.2 Å². The average Bonchev–Trinajstić information content (AvgIpc) is 2.18. The van der Waals surface area contributed by atoms with E-state index in [2.05, 4.69) is 0 Å². The molecule has 0 heterocycles. The van der Waals surface area contributed by atoms with Gasteiger partial charge in [-0.3, -0.25) is 4.79 Å². The number of carboxylic acid groups (broad SMARTS) is 1. The molecule has 0 spiro atoms. The van der Waals surface area contributed by atoms with Crippen molar-refractivity contribution in [2.45, 2.75) is 19.4 Å². The first-order valence-electron chi connectivity index (χ1n) is 5.13. The monoisotopic (exact) mass is 241 g/mol. The molecule has 16 heavy (non-hydrogen) atoms. The van der Waals surface area contributed by atoms with Gasteiger partial charge in [-0.25, -0.2) is 0 Å². The summed E-state index contributed by atoms with van der Waals surface area (Å²) in [7, 11) is 3.96. The van der Waals surface area contributed by atoms with Crippen molar-refractivity contribution in [3.63, 3.8) is 0 Å². The van der Waals surface area contributed by atoms with Crippen LogP contribution in [0.2, 0.25) is 5.02 Å². The largest absolute Gasteiger partial charge is 0.481 e. The van der Waals surface area contributed by atoms with Crippen molar-refractivity contribution in [2.75, 3.05) is 14.1 Å². The molecule has 0 aliphatic rings. The molecule has 0 fully saturated rings. The number of aryl methyl sites for hydroxylation is 1. The van der Waals surface area contributed by atoms with Crippen molar-refractivity contribution in [1.82, 2.24) is 4.90 Å². The van der Waals surface area contributed by atoms with Gasteiger partial charge >= 0.3 is 5.97 Å². The van der Waals surface area contributed by atoms with Crippen LogP contribution in [-0.2, 0) is 17.8 Å². The molecule has 0 unspecified atom stereocenters. The second kappa shape index (κ2) is 5.87. The first-order valence-corrected chi connectivity index (χ1v) is 5.50. The number of carboxylic acids is 1. The zero-order valence-electron chi connectivity index (χ0n) is 9.53. The molecule has 0 radical (unpaired) electrons. The molecule has 0 atom stereocenters. The maximum absolute atomic E-state index is 10.4. The summed E-state index contributed by atoms with van der Waals surface area (Å²) in [5.74, 6) is -0.784. The van der Waals surface area contributed by atoms with Crippen LogP contribution in [0.3, 0.4) is 0 Å². The molecular formula is C12H16ClNO2. The van der Waals surface area contributed by atoms with Gasteiger partial charge in [0.05, 0.1) is 0 Å². The molecule has 0 aliphatic heterocycles. The smallest absolute Gasteiger partial charge is 0.303 e. The highest BCUT2D eigenvalue weighted by molar-refractivity contribution is 6.31. The van der Waals surface area contributed by atoms with Gasteiger partial charge in [-0.1, -0.05) is 23.7 Å². The highest BCUT2D eigenvalue weighted by atomic mass is 35.5. The fourth-order valence-electron chi connectivity index (χ4n) is 1.47. The summed E-state index contributed by atoms with van der Waals surface area (Å²) in [5.41, 5.74) is 2.03. The van der Waals surface area contributed by atoms with Crippen molar-refractivity contribution in [2.24, 2.45) is 0 Å². The lowest BCUT2D eigenvalue weighted by Crippen LogP contribution is -2.11. The maximum atomic E-state index is 10.4. The first kappa shape index (κ1) is 13.0. The van der Waals surface area contributed by atoms with Crippen LogP contribution >= 0.6 is 11.6 Å². The Morgan fingerprint density at radius 2 is 2.12 bits per heavy atom. The second-order valence-corrected chi connectivity index (χ2v) is 4.46. The van der Waals surface area contributed by atoms with E-state index < -0.39 is 5.97 Å². The topological polar surface area (TPSA) is 40.5 Å². The van der Waals surface area contributed by atoms with Crippen LogP contribution in [0.5, 0.6) is 0 Å². The van der Waals surface area contributed by atoms with Gasteiger partial charge in [-0.2, -0.15) is 0 Å². The van der Waals surface area contributed by atoms with E-state index in [4.69, 9.17) is 16.7 Å². The minimum absolute atomic E-state index is 0.142. The minimum atomic E-state index is -0.784. The Morgan fingerprint density at radius 3 is 2.62 bits per heavy atom. The lowest BCUT2D eigenvalue weighted by molar-refractivity contribution is -0.136. The standard InChI is InChI=1S/C12H16ClNO2/c1-14(2)8-10-5-3-9(7-11(10)13)4-6-12(15)16/h3,5,7H,4,6,8H2,1-2H3,(H,15,16). The summed E-state index contributed by atoms with van der Waals surface area (Å²) in [5, 5.41) is 9.28. The van der Waals surface area contributed by atoms with Crippen molar-refractivity contribution in [3.8, 4) is 0 Å². The van der Waals surface area contributed by atoms with E-state index in [0.717, 1.165) is 17.7 Å². The number of hydrogen-bond donors (Lipinski definition) is 1. The van der Waals surface area contributed by atoms with Crippen molar-refractivity contribution in [3.05, 3.63) is 34.3 Å². The van der Waals surface area contributed by atoms with Gasteiger partial charge in [-0.05, 0) is 37.7 Å². The number of benzene rings is 1. The highest BCUT2D eigenvalue weighted by Gasteiger charge is 2.04. The van der Waals surface area contributed by atoms with Crippen LogP contribution in [0.15, 0.2) is 18.2 Å². The molecule has 0 aromatic heterocycles. The van der Waals surface area contributed by atoms with Gasteiger partial charge < -0.3 is 10.0 Å².